The molecule has 4 rings (SSSR count). The van der Waals surface area contributed by atoms with Crippen LogP contribution in [0.1, 0.15) is 40.0 Å². The van der Waals surface area contributed by atoms with Crippen molar-refractivity contribution >= 4 is 34.5 Å². The average molecular weight is 485 g/mol. The van der Waals surface area contributed by atoms with Gasteiger partial charge in [-0.05, 0) is 60.9 Å². The van der Waals surface area contributed by atoms with Crippen molar-refractivity contribution in [2.24, 2.45) is 0 Å². The summed E-state index contributed by atoms with van der Waals surface area (Å²) < 4.78 is 11.4. The maximum Gasteiger partial charge on any atom is 0.264 e. The molecule has 1 aromatic carbocycles. The second-order valence-electron chi connectivity index (χ2n) is 8.15. The fraction of sp³-hybridized carbons (Fsp3) is 0.360. The molecular formula is C25H28N2O4S2. The first-order valence-corrected chi connectivity index (χ1v) is 12.7. The van der Waals surface area contributed by atoms with Crippen LogP contribution in [-0.4, -0.2) is 54.5 Å². The maximum absolute atomic E-state index is 13.5. The van der Waals surface area contributed by atoms with Crippen LogP contribution in [0, 0.1) is 0 Å². The van der Waals surface area contributed by atoms with Crippen molar-refractivity contribution in [3.8, 4) is 11.5 Å². The van der Waals surface area contributed by atoms with Crippen molar-refractivity contribution < 1.29 is 19.1 Å². The third-order valence-corrected chi connectivity index (χ3v) is 7.64. The zero-order chi connectivity index (χ0) is 23.4. The molecule has 1 aliphatic heterocycles. The number of amides is 2. The summed E-state index contributed by atoms with van der Waals surface area (Å²) in [6.45, 7) is 4.87. The Morgan fingerprint density at radius 2 is 1.94 bits per heavy atom. The van der Waals surface area contributed by atoms with E-state index in [1.807, 2.05) is 54.5 Å². The van der Waals surface area contributed by atoms with Crippen LogP contribution in [0.2, 0.25) is 0 Å². The van der Waals surface area contributed by atoms with Crippen LogP contribution in [-0.2, 0) is 11.2 Å². The Bertz CT molecular complexity index is 1090. The second kappa shape index (κ2) is 10.4. The molecule has 174 valence electrons. The molecule has 0 bridgehead atoms. The molecule has 33 heavy (non-hydrogen) atoms. The molecular weight excluding hydrogens is 456 g/mol. The molecule has 0 unspecified atom stereocenters. The van der Waals surface area contributed by atoms with E-state index in [0.717, 1.165) is 17.7 Å². The summed E-state index contributed by atoms with van der Waals surface area (Å²) in [7, 11) is 1.62. The van der Waals surface area contributed by atoms with Gasteiger partial charge in [-0.25, -0.2) is 0 Å². The smallest absolute Gasteiger partial charge is 0.264 e. The molecule has 6 nitrogen and oxygen atoms in total. The average Bonchev–Trinajstić information content (AvgIpc) is 3.52. The van der Waals surface area contributed by atoms with Crippen LogP contribution in [0.4, 0.5) is 0 Å². The molecule has 1 atom stereocenters. The van der Waals surface area contributed by atoms with E-state index in [2.05, 4.69) is 11.4 Å². The summed E-state index contributed by atoms with van der Waals surface area (Å²) in [6.07, 6.45) is 0.814. The van der Waals surface area contributed by atoms with Gasteiger partial charge in [0.1, 0.15) is 24.7 Å². The highest BCUT2D eigenvalue weighted by Gasteiger charge is 2.34. The molecule has 0 saturated heterocycles. The monoisotopic (exact) mass is 484 g/mol. The zero-order valence-corrected chi connectivity index (χ0v) is 20.7. The molecule has 0 saturated carbocycles. The largest absolute Gasteiger partial charge is 0.497 e. The highest BCUT2D eigenvalue weighted by molar-refractivity contribution is 7.12. The number of benzene rings is 1. The third kappa shape index (κ3) is 5.23. The van der Waals surface area contributed by atoms with E-state index >= 15 is 0 Å². The SMILES string of the molecule is COc1cccc(OC[C@@H]2c3ccsc3CCN2C(=O)CN(C(=O)c2cccs2)C(C)C)c1. The summed E-state index contributed by atoms with van der Waals surface area (Å²) in [6, 6.07) is 12.9. The number of hydrogen-bond donors (Lipinski definition) is 0. The molecule has 3 aromatic rings. The van der Waals surface area contributed by atoms with Gasteiger partial charge < -0.3 is 19.3 Å². The van der Waals surface area contributed by atoms with E-state index in [1.165, 1.54) is 16.2 Å². The number of rotatable bonds is 8. The number of carbonyl (C=O) groups is 2. The van der Waals surface area contributed by atoms with Gasteiger partial charge in [-0.1, -0.05) is 12.1 Å². The second-order valence-corrected chi connectivity index (χ2v) is 10.1. The number of fused-ring (bicyclic) bond motifs is 1. The number of carbonyl (C=O) groups excluding carboxylic acids is 2. The lowest BCUT2D eigenvalue weighted by atomic mass is 10.00. The lowest BCUT2D eigenvalue weighted by Gasteiger charge is -2.37. The molecule has 3 heterocycles. The summed E-state index contributed by atoms with van der Waals surface area (Å²) in [5, 5.41) is 3.94. The summed E-state index contributed by atoms with van der Waals surface area (Å²) in [5.41, 5.74) is 1.13. The lowest BCUT2D eigenvalue weighted by molar-refractivity contribution is -0.136. The molecule has 0 fully saturated rings. The quantitative estimate of drug-likeness (QED) is 0.458. The van der Waals surface area contributed by atoms with Crippen molar-refractivity contribution in [2.45, 2.75) is 32.4 Å². The molecule has 0 spiro atoms. The first kappa shape index (κ1) is 23.3. The number of ether oxygens (including phenoxy) is 2. The van der Waals surface area contributed by atoms with Crippen molar-refractivity contribution in [3.63, 3.8) is 0 Å². The molecule has 0 aliphatic carbocycles. The van der Waals surface area contributed by atoms with Crippen molar-refractivity contribution in [1.29, 1.82) is 0 Å². The molecule has 2 amide bonds. The van der Waals surface area contributed by atoms with Gasteiger partial charge in [0.05, 0.1) is 18.0 Å². The first-order chi connectivity index (χ1) is 16.0. The number of nitrogens with zero attached hydrogens (tertiary/aromatic N) is 2. The summed E-state index contributed by atoms with van der Waals surface area (Å²) >= 11 is 3.11. The molecule has 2 aromatic heterocycles. The van der Waals surface area contributed by atoms with Crippen LogP contribution in [0.15, 0.2) is 53.2 Å². The van der Waals surface area contributed by atoms with Crippen LogP contribution in [0.3, 0.4) is 0 Å². The Morgan fingerprint density at radius 3 is 2.67 bits per heavy atom. The van der Waals surface area contributed by atoms with Crippen LogP contribution >= 0.6 is 22.7 Å². The minimum atomic E-state index is -0.204. The van der Waals surface area contributed by atoms with Gasteiger partial charge in [0.2, 0.25) is 5.91 Å². The minimum absolute atomic E-state index is 0.0452. The lowest BCUT2D eigenvalue weighted by Crippen LogP contribution is -2.49. The predicted molar refractivity (Wildman–Crippen MR) is 131 cm³/mol. The van der Waals surface area contributed by atoms with Gasteiger partial charge in [0, 0.05) is 23.5 Å². The van der Waals surface area contributed by atoms with Crippen molar-refractivity contribution in [3.05, 3.63) is 68.5 Å². The first-order valence-electron chi connectivity index (χ1n) is 10.9. The van der Waals surface area contributed by atoms with E-state index < -0.39 is 0 Å². The molecule has 8 heteroatoms. The van der Waals surface area contributed by atoms with Gasteiger partial charge >= 0.3 is 0 Å². The number of hydrogen-bond acceptors (Lipinski definition) is 6. The molecule has 0 radical (unpaired) electrons. The molecule has 0 N–H and O–H groups in total. The maximum atomic E-state index is 13.5. The fourth-order valence-electron chi connectivity index (χ4n) is 4.01. The summed E-state index contributed by atoms with van der Waals surface area (Å²) in [4.78, 5) is 32.0. The Morgan fingerprint density at radius 1 is 1.12 bits per heavy atom. The van der Waals surface area contributed by atoms with Crippen LogP contribution in [0.5, 0.6) is 11.5 Å². The van der Waals surface area contributed by atoms with Gasteiger partial charge in [-0.3, -0.25) is 9.59 Å². The van der Waals surface area contributed by atoms with Crippen molar-refractivity contribution in [2.75, 3.05) is 26.8 Å². The Hall–Kier alpha value is -2.84. The topological polar surface area (TPSA) is 59.1 Å². The Balaban J connectivity index is 1.52. The molecule has 1 aliphatic rings. The third-order valence-electron chi connectivity index (χ3n) is 5.79. The zero-order valence-electron chi connectivity index (χ0n) is 19.0. The van der Waals surface area contributed by atoms with Crippen molar-refractivity contribution in [1.82, 2.24) is 9.80 Å². The minimum Gasteiger partial charge on any atom is -0.497 e. The highest BCUT2D eigenvalue weighted by atomic mass is 32.1. The van der Waals surface area contributed by atoms with E-state index in [0.29, 0.717) is 23.8 Å². The van der Waals surface area contributed by atoms with E-state index in [9.17, 15) is 9.59 Å². The highest BCUT2D eigenvalue weighted by Crippen LogP contribution is 2.34. The van der Waals surface area contributed by atoms with Gasteiger partial charge in [-0.15, -0.1) is 22.7 Å². The predicted octanol–water partition coefficient (Wildman–Crippen LogP) is 4.87. The number of thiophene rings is 2. The van der Waals surface area contributed by atoms with E-state index in [4.69, 9.17) is 9.47 Å². The standard InChI is InChI=1S/C25H28N2O4S2/c1-17(2)27(25(29)23-8-5-12-32-23)15-24(28)26-11-9-22-20(10-13-33-22)21(26)16-31-19-7-4-6-18(14-19)30-3/h4-8,10,12-14,17,21H,9,11,15-16H2,1-3H3/t21-/m1/s1. The van der Waals surface area contributed by atoms with Crippen LogP contribution in [0.25, 0.3) is 0 Å². The van der Waals surface area contributed by atoms with E-state index in [1.54, 1.807) is 29.4 Å². The van der Waals surface area contributed by atoms with Gasteiger partial charge in [0.25, 0.3) is 5.91 Å². The fourth-order valence-corrected chi connectivity index (χ4v) is 5.62. The normalized spacial score (nSPS) is 15.3. The van der Waals surface area contributed by atoms with Crippen LogP contribution < -0.4 is 9.47 Å². The Kier molecular flexibility index (Phi) is 7.35. The number of methoxy groups -OCH3 is 1. The summed E-state index contributed by atoms with van der Waals surface area (Å²) in [5.74, 6) is 1.25. The van der Waals surface area contributed by atoms with Gasteiger partial charge in [-0.2, -0.15) is 0 Å². The van der Waals surface area contributed by atoms with Gasteiger partial charge in [0.15, 0.2) is 0 Å². The Labute approximate surface area is 202 Å². The van der Waals surface area contributed by atoms with E-state index in [-0.39, 0.29) is 30.4 Å².